The topological polar surface area (TPSA) is 72.1 Å². The first-order valence-corrected chi connectivity index (χ1v) is 7.20. The maximum atomic E-state index is 12.8. The number of fused-ring (bicyclic) bond motifs is 1. The fourth-order valence-corrected chi connectivity index (χ4v) is 2.23. The van der Waals surface area contributed by atoms with Crippen molar-refractivity contribution in [3.8, 4) is 11.6 Å². The number of nitrogens with zero attached hydrogens (tertiary/aromatic N) is 2. The van der Waals surface area contributed by atoms with Gasteiger partial charge in [-0.1, -0.05) is 6.07 Å². The van der Waals surface area contributed by atoms with Gasteiger partial charge in [0, 0.05) is 11.8 Å². The van der Waals surface area contributed by atoms with Gasteiger partial charge < -0.3 is 19.8 Å². The summed E-state index contributed by atoms with van der Waals surface area (Å²) >= 11 is 0. The lowest BCUT2D eigenvalue weighted by Crippen LogP contribution is -2.17. The number of aromatic nitrogens is 3. The van der Waals surface area contributed by atoms with Crippen molar-refractivity contribution in [3.05, 3.63) is 36.2 Å². The Balaban J connectivity index is 1.95. The predicted octanol–water partition coefficient (Wildman–Crippen LogP) is 4.63. The zero-order valence-corrected chi connectivity index (χ0v) is 13.4. The highest BCUT2D eigenvalue weighted by Crippen LogP contribution is 2.33. The summed E-state index contributed by atoms with van der Waals surface area (Å²) in [5, 5.41) is 2.73. The second-order valence-electron chi connectivity index (χ2n) is 5.20. The van der Waals surface area contributed by atoms with Crippen LogP contribution in [0.1, 0.15) is 5.82 Å². The van der Waals surface area contributed by atoms with Crippen LogP contribution in [0.5, 0.6) is 11.6 Å². The Morgan fingerprint density at radius 2 is 1.78 bits per heavy atom. The van der Waals surface area contributed by atoms with Gasteiger partial charge in [-0.15, -0.1) is 13.2 Å². The summed E-state index contributed by atoms with van der Waals surface area (Å²) in [5.74, 6) is -1.80. The molecule has 6 nitrogen and oxygen atoms in total. The van der Waals surface area contributed by atoms with Gasteiger partial charge in [0.05, 0.1) is 12.6 Å². The van der Waals surface area contributed by atoms with Gasteiger partial charge in [-0.3, -0.25) is 0 Å². The van der Waals surface area contributed by atoms with E-state index in [1.165, 1.54) is 25.3 Å². The summed E-state index contributed by atoms with van der Waals surface area (Å²) in [5.41, 5.74) is 0.0329. The lowest BCUT2D eigenvalue weighted by atomic mass is 10.2. The molecule has 0 saturated heterocycles. The molecule has 2 N–H and O–H groups in total. The third-order valence-corrected chi connectivity index (χ3v) is 3.25. The minimum atomic E-state index is -4.86. The molecule has 0 aliphatic rings. The summed E-state index contributed by atoms with van der Waals surface area (Å²) < 4.78 is 84.1. The average molecular weight is 392 g/mol. The van der Waals surface area contributed by atoms with Crippen molar-refractivity contribution in [1.82, 2.24) is 15.0 Å². The molecule has 144 valence electrons. The Kier molecular flexibility index (Phi) is 4.49. The van der Waals surface area contributed by atoms with Gasteiger partial charge in [-0.05, 0) is 18.2 Å². The number of H-pyrrole nitrogens is 1. The number of methoxy groups -OCH3 is 1. The van der Waals surface area contributed by atoms with Crippen LogP contribution in [0.15, 0.2) is 30.3 Å². The molecule has 3 aromatic rings. The molecule has 2 aromatic heterocycles. The van der Waals surface area contributed by atoms with Gasteiger partial charge in [0.15, 0.2) is 5.65 Å². The number of alkyl halides is 6. The third-order valence-electron chi connectivity index (χ3n) is 3.25. The zero-order chi connectivity index (χ0) is 19.8. The monoisotopic (exact) mass is 392 g/mol. The smallest absolute Gasteiger partial charge is 0.479 e. The quantitative estimate of drug-likeness (QED) is 0.634. The molecule has 3 rings (SSSR count). The highest BCUT2D eigenvalue weighted by atomic mass is 19.4. The van der Waals surface area contributed by atoms with E-state index in [0.29, 0.717) is 0 Å². The number of hydrogen-bond donors (Lipinski definition) is 2. The van der Waals surface area contributed by atoms with Crippen LogP contribution in [0, 0.1) is 0 Å². The Morgan fingerprint density at radius 3 is 2.41 bits per heavy atom. The minimum absolute atomic E-state index is 0.0340. The number of hydrogen-bond acceptors (Lipinski definition) is 5. The summed E-state index contributed by atoms with van der Waals surface area (Å²) in [4.78, 5) is 9.31. The molecule has 0 atom stereocenters. The molecule has 2 heterocycles. The summed E-state index contributed by atoms with van der Waals surface area (Å²) in [7, 11) is 1.24. The molecule has 0 aliphatic carbocycles. The van der Waals surface area contributed by atoms with Crippen LogP contribution in [0.4, 0.5) is 37.7 Å². The molecule has 0 aliphatic heterocycles. The van der Waals surface area contributed by atoms with E-state index in [2.05, 4.69) is 25.0 Å². The second kappa shape index (κ2) is 6.52. The summed E-state index contributed by atoms with van der Waals surface area (Å²) in [6, 6.07) is 6.15. The van der Waals surface area contributed by atoms with Crippen LogP contribution in [-0.2, 0) is 6.18 Å². The Bertz CT molecular complexity index is 967. The van der Waals surface area contributed by atoms with Crippen LogP contribution < -0.4 is 14.8 Å². The fourth-order valence-electron chi connectivity index (χ4n) is 2.23. The van der Waals surface area contributed by atoms with Crippen molar-refractivity contribution in [2.24, 2.45) is 0 Å². The average Bonchev–Trinajstić information content (AvgIpc) is 2.96. The van der Waals surface area contributed by atoms with Crippen LogP contribution >= 0.6 is 0 Å². The van der Waals surface area contributed by atoms with Gasteiger partial charge in [0.2, 0.25) is 11.7 Å². The Morgan fingerprint density at radius 1 is 1.04 bits per heavy atom. The van der Waals surface area contributed by atoms with Crippen molar-refractivity contribution in [2.45, 2.75) is 12.5 Å². The van der Waals surface area contributed by atoms with Gasteiger partial charge >= 0.3 is 12.5 Å². The maximum absolute atomic E-state index is 12.8. The van der Waals surface area contributed by atoms with E-state index >= 15 is 0 Å². The minimum Gasteiger partial charge on any atom is -0.479 e. The van der Waals surface area contributed by atoms with E-state index in [-0.39, 0.29) is 28.4 Å². The summed E-state index contributed by atoms with van der Waals surface area (Å²) in [6.45, 7) is 0. The molecule has 0 bridgehead atoms. The number of ether oxygens (including phenoxy) is 2. The molecule has 0 unspecified atom stereocenters. The zero-order valence-electron chi connectivity index (χ0n) is 13.4. The van der Waals surface area contributed by atoms with E-state index in [1.54, 1.807) is 0 Å². The van der Waals surface area contributed by atoms with Crippen LogP contribution in [-0.4, -0.2) is 28.4 Å². The van der Waals surface area contributed by atoms with E-state index in [0.717, 1.165) is 12.1 Å². The number of nitrogens with one attached hydrogen (secondary N) is 2. The number of anilines is 2. The molecule has 0 saturated carbocycles. The SMILES string of the molecule is COc1nc2nc(C(F)(F)F)[nH]c2cc1Nc1cccc(OC(F)(F)F)c1. The predicted molar refractivity (Wildman–Crippen MR) is 81.9 cm³/mol. The number of aromatic amines is 1. The van der Waals surface area contributed by atoms with Crippen molar-refractivity contribution in [3.63, 3.8) is 0 Å². The van der Waals surface area contributed by atoms with E-state index in [1.807, 2.05) is 0 Å². The third kappa shape index (κ3) is 4.33. The first-order valence-electron chi connectivity index (χ1n) is 7.20. The van der Waals surface area contributed by atoms with E-state index in [4.69, 9.17) is 4.74 Å². The molecule has 1 aromatic carbocycles. The van der Waals surface area contributed by atoms with Crippen LogP contribution in [0.3, 0.4) is 0 Å². The lowest BCUT2D eigenvalue weighted by molar-refractivity contribution is -0.274. The standard InChI is InChI=1S/C15H10F6N4O2/c1-26-12-10(6-9-11(24-12)25-13(23-9)14(16,17)18)22-7-3-2-4-8(5-7)27-15(19,20)21/h2-6,22H,1H3,(H,23,24,25). The molecule has 0 spiro atoms. The maximum Gasteiger partial charge on any atom is 0.573 e. The highest BCUT2D eigenvalue weighted by molar-refractivity contribution is 5.80. The first-order chi connectivity index (χ1) is 12.5. The molecule has 0 amide bonds. The lowest BCUT2D eigenvalue weighted by Gasteiger charge is -2.12. The van der Waals surface area contributed by atoms with Gasteiger partial charge in [-0.25, -0.2) is 4.98 Å². The van der Waals surface area contributed by atoms with Crippen molar-refractivity contribution < 1.29 is 35.8 Å². The molecular formula is C15H10F6N4O2. The number of halogens is 6. The number of benzene rings is 1. The Labute approximate surface area is 147 Å². The number of rotatable bonds is 4. The van der Waals surface area contributed by atoms with Gasteiger partial charge in [-0.2, -0.15) is 18.2 Å². The largest absolute Gasteiger partial charge is 0.573 e. The molecular weight excluding hydrogens is 382 g/mol. The van der Waals surface area contributed by atoms with Crippen LogP contribution in [0.2, 0.25) is 0 Å². The van der Waals surface area contributed by atoms with E-state index in [9.17, 15) is 26.3 Å². The molecule has 0 fully saturated rings. The first kappa shape index (κ1) is 18.6. The van der Waals surface area contributed by atoms with Crippen molar-refractivity contribution in [2.75, 3.05) is 12.4 Å². The molecule has 27 heavy (non-hydrogen) atoms. The summed E-state index contributed by atoms with van der Waals surface area (Å²) in [6.07, 6.45) is -9.55. The second-order valence-corrected chi connectivity index (χ2v) is 5.20. The van der Waals surface area contributed by atoms with E-state index < -0.39 is 24.1 Å². The van der Waals surface area contributed by atoms with Gasteiger partial charge in [0.25, 0.3) is 0 Å². The molecule has 0 radical (unpaired) electrons. The van der Waals surface area contributed by atoms with Gasteiger partial charge in [0.1, 0.15) is 11.4 Å². The highest BCUT2D eigenvalue weighted by Gasteiger charge is 2.35. The normalized spacial score (nSPS) is 12.3. The van der Waals surface area contributed by atoms with Crippen molar-refractivity contribution >= 4 is 22.5 Å². The van der Waals surface area contributed by atoms with Crippen LogP contribution in [0.25, 0.3) is 11.2 Å². The Hall–Kier alpha value is -3.18. The number of imidazole rings is 1. The molecule has 12 heteroatoms. The fraction of sp³-hybridized carbons (Fsp3) is 0.200. The number of pyridine rings is 1. The van der Waals surface area contributed by atoms with Crippen molar-refractivity contribution in [1.29, 1.82) is 0 Å².